The molecule has 12 heteroatoms. The molecule has 0 atom stereocenters. The number of methoxy groups -OCH3 is 2. The van der Waals surface area contributed by atoms with Gasteiger partial charge in [-0.3, -0.25) is 4.79 Å². The molecule has 0 fully saturated rings. The molecule has 0 aromatic heterocycles. The number of sulfonamides is 2. The highest BCUT2D eigenvalue weighted by molar-refractivity contribution is 7.91. The van der Waals surface area contributed by atoms with Gasteiger partial charge in [-0.2, -0.15) is 8.42 Å². The first-order chi connectivity index (χ1) is 13.1. The van der Waals surface area contributed by atoms with Gasteiger partial charge in [-0.15, -0.1) is 4.40 Å². The quantitative estimate of drug-likeness (QED) is 0.743. The zero-order chi connectivity index (χ0) is 20.7. The fourth-order valence-corrected chi connectivity index (χ4v) is 5.22. The summed E-state index contributed by atoms with van der Waals surface area (Å²) < 4.78 is 60.4. The molecule has 2 aromatic carbocycles. The molecule has 0 unspecified atom stereocenters. The number of hydrogen-bond acceptors (Lipinski definition) is 7. The van der Waals surface area contributed by atoms with Crippen LogP contribution in [0.2, 0.25) is 0 Å². The van der Waals surface area contributed by atoms with Crippen molar-refractivity contribution in [3.05, 3.63) is 47.5 Å². The average molecular weight is 445 g/mol. The van der Waals surface area contributed by atoms with Crippen LogP contribution in [0.15, 0.2) is 50.6 Å². The minimum atomic E-state index is -3.63. The van der Waals surface area contributed by atoms with E-state index in [4.69, 9.17) is 21.1 Å². The van der Waals surface area contributed by atoms with Crippen molar-refractivity contribution >= 4 is 42.7 Å². The number of ether oxygens (including phenoxy) is 2. The molecule has 2 aliphatic rings. The van der Waals surface area contributed by atoms with E-state index in [9.17, 15) is 21.6 Å². The highest BCUT2D eigenvalue weighted by atomic mass is 35.5. The second kappa shape index (κ2) is 7.08. The summed E-state index contributed by atoms with van der Waals surface area (Å²) in [5.41, 5.74) is 0.523. The molecule has 2 heterocycles. The lowest BCUT2D eigenvalue weighted by Gasteiger charge is -2.01. The largest absolute Gasteiger partial charge is 0.497 e. The van der Waals surface area contributed by atoms with Gasteiger partial charge in [0.05, 0.1) is 24.7 Å². The van der Waals surface area contributed by atoms with Crippen LogP contribution < -0.4 is 14.2 Å². The summed E-state index contributed by atoms with van der Waals surface area (Å²) >= 11 is 5.67. The van der Waals surface area contributed by atoms with Gasteiger partial charge in [-0.25, -0.2) is 13.1 Å². The molecule has 0 saturated heterocycles. The number of amides is 1. The van der Waals surface area contributed by atoms with E-state index in [0.29, 0.717) is 17.1 Å². The first kappa shape index (κ1) is 20.1. The second-order valence-corrected chi connectivity index (χ2v) is 9.10. The molecule has 0 radical (unpaired) electrons. The molecular formula is C16H13ClN2O7S2. The van der Waals surface area contributed by atoms with Crippen molar-refractivity contribution in [1.82, 2.24) is 4.72 Å². The molecule has 0 saturated carbocycles. The fraction of sp³-hybridized carbons (Fsp3) is 0.125. The molecule has 1 amide bonds. The molecule has 0 aliphatic carbocycles. The smallest absolute Gasteiger partial charge is 0.284 e. The molecule has 28 heavy (non-hydrogen) atoms. The van der Waals surface area contributed by atoms with Gasteiger partial charge in [0, 0.05) is 5.56 Å². The SMILES string of the molecule is COc1ccc2c(c1)C(=O)NS2(=O)=O.COc1ccc2c(c1)C(Cl)=NS2(=O)=O. The number of nitrogens with one attached hydrogen (secondary N) is 1. The summed E-state index contributed by atoms with van der Waals surface area (Å²) in [5, 5.41) is -0.0149. The summed E-state index contributed by atoms with van der Waals surface area (Å²) in [5.74, 6) is 0.393. The van der Waals surface area contributed by atoms with E-state index >= 15 is 0 Å². The van der Waals surface area contributed by atoms with Gasteiger partial charge < -0.3 is 9.47 Å². The van der Waals surface area contributed by atoms with Crippen LogP contribution in [0.3, 0.4) is 0 Å². The lowest BCUT2D eigenvalue weighted by Crippen LogP contribution is -2.20. The van der Waals surface area contributed by atoms with E-state index in [2.05, 4.69) is 4.40 Å². The number of carbonyl (C=O) groups is 1. The van der Waals surface area contributed by atoms with E-state index in [1.165, 1.54) is 38.5 Å². The Labute approximate surface area is 166 Å². The Morgan fingerprint density at radius 1 is 0.893 bits per heavy atom. The molecule has 148 valence electrons. The highest BCUT2D eigenvalue weighted by Crippen LogP contribution is 2.30. The number of halogens is 1. The first-order valence-corrected chi connectivity index (χ1v) is 10.8. The third-order valence-corrected chi connectivity index (χ3v) is 6.95. The number of fused-ring (bicyclic) bond motifs is 2. The van der Waals surface area contributed by atoms with Gasteiger partial charge in [0.25, 0.3) is 26.0 Å². The molecule has 1 N–H and O–H groups in total. The average Bonchev–Trinajstić information content (AvgIpc) is 3.03. The molecular weight excluding hydrogens is 432 g/mol. The fourth-order valence-electron chi connectivity index (χ4n) is 2.51. The van der Waals surface area contributed by atoms with Crippen LogP contribution in [-0.4, -0.2) is 42.1 Å². The van der Waals surface area contributed by atoms with Crippen LogP contribution in [0.5, 0.6) is 11.5 Å². The van der Waals surface area contributed by atoms with Crippen molar-refractivity contribution in [2.45, 2.75) is 9.79 Å². The second-order valence-electron chi connectivity index (χ2n) is 5.52. The molecule has 9 nitrogen and oxygen atoms in total. The Balaban J connectivity index is 0.000000161. The van der Waals surface area contributed by atoms with E-state index in [-0.39, 0.29) is 20.5 Å². The predicted molar refractivity (Wildman–Crippen MR) is 100 cm³/mol. The van der Waals surface area contributed by atoms with Crippen LogP contribution in [0.4, 0.5) is 0 Å². The van der Waals surface area contributed by atoms with Gasteiger partial charge in [-0.1, -0.05) is 11.6 Å². The third kappa shape index (κ3) is 3.55. The van der Waals surface area contributed by atoms with E-state index < -0.39 is 26.0 Å². The van der Waals surface area contributed by atoms with Gasteiger partial charge in [0.2, 0.25) is 0 Å². The number of nitrogens with zero attached hydrogens (tertiary/aromatic N) is 1. The van der Waals surface area contributed by atoms with Crippen molar-refractivity contribution < 1.29 is 31.1 Å². The Kier molecular flexibility index (Phi) is 5.08. The number of benzene rings is 2. The number of rotatable bonds is 2. The van der Waals surface area contributed by atoms with Crippen LogP contribution in [-0.2, 0) is 20.0 Å². The number of hydrogen-bond donors (Lipinski definition) is 1. The number of carbonyl (C=O) groups excluding carboxylic acids is 1. The summed E-state index contributed by atoms with van der Waals surface area (Å²) in [6.07, 6.45) is 0. The zero-order valence-corrected chi connectivity index (χ0v) is 16.9. The molecule has 2 aromatic rings. The van der Waals surface area contributed by atoms with E-state index in [1.807, 2.05) is 4.72 Å². The van der Waals surface area contributed by atoms with Crippen LogP contribution in [0.25, 0.3) is 0 Å². The van der Waals surface area contributed by atoms with Gasteiger partial charge in [0.15, 0.2) is 5.17 Å². The van der Waals surface area contributed by atoms with Crippen LogP contribution in [0, 0.1) is 0 Å². The van der Waals surface area contributed by atoms with Crippen molar-refractivity contribution in [3.63, 3.8) is 0 Å². The topological polar surface area (TPSA) is 128 Å². The van der Waals surface area contributed by atoms with Gasteiger partial charge in [0.1, 0.15) is 16.4 Å². The Bertz CT molecular complexity index is 1210. The van der Waals surface area contributed by atoms with Crippen molar-refractivity contribution in [2.75, 3.05) is 14.2 Å². The maximum absolute atomic E-state index is 11.4. The van der Waals surface area contributed by atoms with E-state index in [1.54, 1.807) is 12.1 Å². The lowest BCUT2D eigenvalue weighted by molar-refractivity contribution is 0.0984. The summed E-state index contributed by atoms with van der Waals surface area (Å²) in [6, 6.07) is 8.78. The first-order valence-electron chi connectivity index (χ1n) is 7.53. The Morgan fingerprint density at radius 2 is 1.43 bits per heavy atom. The maximum atomic E-state index is 11.4. The van der Waals surface area contributed by atoms with Crippen molar-refractivity contribution in [1.29, 1.82) is 0 Å². The minimum absolute atomic E-state index is 0.00306. The standard InChI is InChI=1S/C8H6ClNO3S.C8H7NO4S/c1-13-5-2-3-7-6(4-5)8(9)10-14(7,11)12;1-13-5-2-3-7-6(4-5)8(10)9-14(7,11)12/h2-4H,1H3;2-4H,1H3,(H,9,10). The summed E-state index contributed by atoms with van der Waals surface area (Å²) in [4.78, 5) is 11.3. The lowest BCUT2D eigenvalue weighted by atomic mass is 10.2. The van der Waals surface area contributed by atoms with Crippen molar-refractivity contribution in [3.8, 4) is 11.5 Å². The molecule has 4 rings (SSSR count). The molecule has 0 spiro atoms. The summed E-state index contributed by atoms with van der Waals surface area (Å²) in [6.45, 7) is 0. The molecule has 0 bridgehead atoms. The summed E-state index contributed by atoms with van der Waals surface area (Å²) in [7, 11) is -4.27. The van der Waals surface area contributed by atoms with Gasteiger partial charge >= 0.3 is 0 Å². The third-order valence-electron chi connectivity index (χ3n) is 3.84. The Hall–Kier alpha value is -2.63. The van der Waals surface area contributed by atoms with Gasteiger partial charge in [-0.05, 0) is 36.4 Å². The maximum Gasteiger partial charge on any atom is 0.284 e. The van der Waals surface area contributed by atoms with Crippen molar-refractivity contribution in [2.24, 2.45) is 4.40 Å². The Morgan fingerprint density at radius 3 is 2.00 bits per heavy atom. The minimum Gasteiger partial charge on any atom is -0.497 e. The molecule has 2 aliphatic heterocycles. The zero-order valence-electron chi connectivity index (χ0n) is 14.5. The monoisotopic (exact) mass is 444 g/mol. The predicted octanol–water partition coefficient (Wildman–Crippen LogP) is 1.51. The normalized spacial score (nSPS) is 17.4. The van der Waals surface area contributed by atoms with Crippen LogP contribution >= 0.6 is 11.6 Å². The van der Waals surface area contributed by atoms with Crippen LogP contribution in [0.1, 0.15) is 15.9 Å². The van der Waals surface area contributed by atoms with E-state index in [0.717, 1.165) is 0 Å². The highest BCUT2D eigenvalue weighted by Gasteiger charge is 2.32.